The minimum atomic E-state index is -0.0623. The van der Waals surface area contributed by atoms with Gasteiger partial charge in [-0.25, -0.2) is 0 Å². The molecule has 0 unspecified atom stereocenters. The summed E-state index contributed by atoms with van der Waals surface area (Å²) in [5.74, 6) is -0.0888. The summed E-state index contributed by atoms with van der Waals surface area (Å²) in [6.45, 7) is 10.0. The number of hydrogen-bond acceptors (Lipinski definition) is 2. The highest BCUT2D eigenvalue weighted by Gasteiger charge is 2.19. The highest BCUT2D eigenvalue weighted by Crippen LogP contribution is 2.27. The van der Waals surface area contributed by atoms with Gasteiger partial charge in [0.25, 0.3) is 0 Å². The first-order chi connectivity index (χ1) is 9.49. The zero-order valence-corrected chi connectivity index (χ0v) is 13.4. The van der Waals surface area contributed by atoms with Crippen LogP contribution in [0, 0.1) is 0 Å². The molecule has 1 aromatic carbocycles. The van der Waals surface area contributed by atoms with Crippen molar-refractivity contribution < 1.29 is 9.59 Å². The number of aryl methyl sites for hydroxylation is 1. The molecule has 0 saturated heterocycles. The zero-order chi connectivity index (χ0) is 15.3. The van der Waals surface area contributed by atoms with Crippen molar-refractivity contribution >= 4 is 11.6 Å². The molecule has 1 aromatic rings. The largest absolute Gasteiger partial charge is 0.300 e. The molecule has 0 aliphatic heterocycles. The molecule has 110 valence electrons. The monoisotopic (exact) mass is 274 g/mol. The summed E-state index contributed by atoms with van der Waals surface area (Å²) in [5.41, 5.74) is 5.89. The Morgan fingerprint density at radius 2 is 1.40 bits per heavy atom. The Bertz CT molecular complexity index is 513. The van der Waals surface area contributed by atoms with E-state index in [0.717, 1.165) is 36.8 Å². The predicted octanol–water partition coefficient (Wildman–Crippen LogP) is 4.10. The normalized spacial score (nSPS) is 10.7. The van der Waals surface area contributed by atoms with Crippen LogP contribution in [0.15, 0.2) is 6.07 Å². The number of carbonyl (C=O) groups is 2. The van der Waals surface area contributed by atoms with Crippen LogP contribution in [0.1, 0.15) is 73.7 Å². The Morgan fingerprint density at radius 1 is 0.850 bits per heavy atom. The van der Waals surface area contributed by atoms with Gasteiger partial charge in [-0.1, -0.05) is 27.7 Å². The van der Waals surface area contributed by atoms with Crippen molar-refractivity contribution in [1.82, 2.24) is 0 Å². The van der Waals surface area contributed by atoms with Crippen LogP contribution >= 0.6 is 0 Å². The quantitative estimate of drug-likeness (QED) is 0.554. The molecule has 0 atom stereocenters. The van der Waals surface area contributed by atoms with Gasteiger partial charge in [0, 0.05) is 5.56 Å². The summed E-state index contributed by atoms with van der Waals surface area (Å²) in [6, 6.07) is 2.03. The molecule has 0 aliphatic rings. The summed E-state index contributed by atoms with van der Waals surface area (Å²) >= 11 is 0. The predicted molar refractivity (Wildman–Crippen MR) is 83.6 cm³/mol. The Hall–Kier alpha value is -1.44. The Labute approximate surface area is 122 Å². The molecule has 0 fully saturated rings. The van der Waals surface area contributed by atoms with E-state index in [-0.39, 0.29) is 18.0 Å². The molecule has 2 nitrogen and oxygen atoms in total. The highest BCUT2D eigenvalue weighted by molar-refractivity contribution is 6.08. The van der Waals surface area contributed by atoms with Gasteiger partial charge in [0.15, 0.2) is 5.78 Å². The highest BCUT2D eigenvalue weighted by atomic mass is 16.1. The van der Waals surface area contributed by atoms with Gasteiger partial charge >= 0.3 is 0 Å². The summed E-state index contributed by atoms with van der Waals surface area (Å²) < 4.78 is 0. The van der Waals surface area contributed by atoms with Crippen LogP contribution in [0.25, 0.3) is 0 Å². The molecule has 2 heteroatoms. The van der Waals surface area contributed by atoms with Crippen molar-refractivity contribution in [3.63, 3.8) is 0 Å². The molecule has 0 bridgehead atoms. The second-order valence-corrected chi connectivity index (χ2v) is 5.24. The van der Waals surface area contributed by atoms with Crippen LogP contribution in [0.4, 0.5) is 0 Å². The Kier molecular flexibility index (Phi) is 6.12. The lowest BCUT2D eigenvalue weighted by atomic mass is 9.85. The van der Waals surface area contributed by atoms with Crippen LogP contribution in [0.5, 0.6) is 0 Å². The van der Waals surface area contributed by atoms with Crippen molar-refractivity contribution in [2.45, 2.75) is 66.7 Å². The second kappa shape index (κ2) is 7.37. The van der Waals surface area contributed by atoms with Crippen LogP contribution in [-0.4, -0.2) is 11.6 Å². The Balaban J connectivity index is 3.51. The summed E-state index contributed by atoms with van der Waals surface area (Å²) in [5, 5.41) is 0. The third kappa shape index (κ3) is 3.36. The third-order valence-corrected chi connectivity index (χ3v) is 3.91. The molecule has 20 heavy (non-hydrogen) atoms. The van der Waals surface area contributed by atoms with Gasteiger partial charge < -0.3 is 0 Å². The van der Waals surface area contributed by atoms with E-state index in [4.69, 9.17) is 0 Å². The minimum absolute atomic E-state index is 0.0186. The first-order valence-electron chi connectivity index (χ1n) is 7.69. The number of Topliss-reactive ketones (excluding diaryl/α,β-unsaturated/α-hetero) is 2. The lowest BCUT2D eigenvalue weighted by molar-refractivity contribution is -0.116. The SMILES string of the molecule is CCc1cc(C(=O)CC(C)=O)c(CC)c(CC)c1CC. The van der Waals surface area contributed by atoms with E-state index in [0.29, 0.717) is 0 Å². The van der Waals surface area contributed by atoms with E-state index in [2.05, 4.69) is 27.7 Å². The molecule has 0 heterocycles. The topological polar surface area (TPSA) is 34.1 Å². The zero-order valence-electron chi connectivity index (χ0n) is 13.4. The number of hydrogen-bond donors (Lipinski definition) is 0. The van der Waals surface area contributed by atoms with E-state index in [1.54, 1.807) is 0 Å². The fourth-order valence-electron chi connectivity index (χ4n) is 3.04. The molecule has 0 aliphatic carbocycles. The smallest absolute Gasteiger partial charge is 0.170 e. The van der Waals surface area contributed by atoms with Crippen LogP contribution in [-0.2, 0) is 30.5 Å². The van der Waals surface area contributed by atoms with Gasteiger partial charge in [0.1, 0.15) is 5.78 Å². The molecule has 1 rings (SSSR count). The molecule has 0 aromatic heterocycles. The van der Waals surface area contributed by atoms with Gasteiger partial charge in [-0.3, -0.25) is 9.59 Å². The Morgan fingerprint density at radius 3 is 1.80 bits per heavy atom. The van der Waals surface area contributed by atoms with Crippen molar-refractivity contribution in [2.24, 2.45) is 0 Å². The summed E-state index contributed by atoms with van der Waals surface area (Å²) in [4.78, 5) is 23.6. The number of carbonyl (C=O) groups excluding carboxylic acids is 2. The molecule has 0 amide bonds. The van der Waals surface area contributed by atoms with Crippen molar-refractivity contribution in [2.75, 3.05) is 0 Å². The molecular formula is C18H26O2. The second-order valence-electron chi connectivity index (χ2n) is 5.24. The molecule has 0 radical (unpaired) electrons. The maximum absolute atomic E-state index is 12.3. The first-order valence-corrected chi connectivity index (χ1v) is 7.69. The number of rotatable bonds is 7. The van der Waals surface area contributed by atoms with Crippen molar-refractivity contribution in [3.8, 4) is 0 Å². The van der Waals surface area contributed by atoms with Crippen molar-refractivity contribution in [1.29, 1.82) is 0 Å². The average molecular weight is 274 g/mol. The lowest BCUT2D eigenvalue weighted by Crippen LogP contribution is -2.13. The fraction of sp³-hybridized carbons (Fsp3) is 0.556. The summed E-state index contributed by atoms with van der Waals surface area (Å²) in [6.07, 6.45) is 3.74. The van der Waals surface area contributed by atoms with Gasteiger partial charge in [-0.2, -0.15) is 0 Å². The molecule has 0 N–H and O–H groups in total. The number of ketones is 2. The first kappa shape index (κ1) is 16.6. The van der Waals surface area contributed by atoms with E-state index in [9.17, 15) is 9.59 Å². The van der Waals surface area contributed by atoms with Crippen molar-refractivity contribution in [3.05, 3.63) is 33.9 Å². The number of benzene rings is 1. The van der Waals surface area contributed by atoms with Gasteiger partial charge in [0.05, 0.1) is 6.42 Å². The van der Waals surface area contributed by atoms with Crippen LogP contribution < -0.4 is 0 Å². The van der Waals surface area contributed by atoms with E-state index in [1.165, 1.54) is 23.6 Å². The maximum Gasteiger partial charge on any atom is 0.170 e. The van der Waals surface area contributed by atoms with E-state index in [1.807, 2.05) is 6.07 Å². The van der Waals surface area contributed by atoms with Crippen LogP contribution in [0.2, 0.25) is 0 Å². The molecular weight excluding hydrogens is 248 g/mol. The van der Waals surface area contributed by atoms with E-state index < -0.39 is 0 Å². The third-order valence-electron chi connectivity index (χ3n) is 3.91. The fourth-order valence-corrected chi connectivity index (χ4v) is 3.04. The van der Waals surface area contributed by atoms with Gasteiger partial charge in [0.2, 0.25) is 0 Å². The standard InChI is InChI=1S/C18H26O2/c1-6-13-11-17(18(20)10-12(5)19)16(9-4)15(8-3)14(13)7-2/h11H,6-10H2,1-5H3. The molecule has 0 spiro atoms. The van der Waals surface area contributed by atoms with Crippen LogP contribution in [0.3, 0.4) is 0 Å². The summed E-state index contributed by atoms with van der Waals surface area (Å²) in [7, 11) is 0. The van der Waals surface area contributed by atoms with E-state index >= 15 is 0 Å². The molecule has 0 saturated carbocycles. The average Bonchev–Trinajstić information content (AvgIpc) is 2.43. The lowest BCUT2D eigenvalue weighted by Gasteiger charge is -2.19. The minimum Gasteiger partial charge on any atom is -0.300 e. The van der Waals surface area contributed by atoms with Gasteiger partial charge in [-0.05, 0) is 60.9 Å². The maximum atomic E-state index is 12.3. The van der Waals surface area contributed by atoms with Gasteiger partial charge in [-0.15, -0.1) is 0 Å².